The molecule has 0 bridgehead atoms. The molecule has 1 aliphatic carbocycles. The lowest BCUT2D eigenvalue weighted by Crippen LogP contribution is -2.10. The molecule has 0 N–H and O–H groups in total. The number of carbonyl (C=O) groups excluding carboxylic acids is 1. The molecule has 0 amide bonds. The number of benzene rings is 4. The van der Waals surface area contributed by atoms with Gasteiger partial charge in [0.1, 0.15) is 5.70 Å². The van der Waals surface area contributed by atoms with Crippen molar-refractivity contribution >= 4 is 50.4 Å². The van der Waals surface area contributed by atoms with Crippen LogP contribution in [0.4, 0.5) is 18.9 Å². The zero-order valence-electron chi connectivity index (χ0n) is 21.5. The Kier molecular flexibility index (Phi) is 7.03. The van der Waals surface area contributed by atoms with Crippen molar-refractivity contribution in [3.05, 3.63) is 154 Å². The second-order valence-electron chi connectivity index (χ2n) is 9.38. The van der Waals surface area contributed by atoms with E-state index in [0.717, 1.165) is 38.9 Å². The molecule has 0 atom stereocenters. The summed E-state index contributed by atoms with van der Waals surface area (Å²) in [5.41, 5.74) is 3.30. The summed E-state index contributed by atoms with van der Waals surface area (Å²) in [6.07, 6.45) is -0.802. The standard InChI is InChI=1S/C34H21F3N2OS/c35-34(36,37)26-15-17-27(18-16-26)38-39-31(33-28-14-8-7-13-24(28)21-41-33)25-19-29(22-9-3-1-4-10-22)32(40)30(20-25)23-11-5-2-6-12-23/h1-21H. The quantitative estimate of drug-likeness (QED) is 0.197. The summed E-state index contributed by atoms with van der Waals surface area (Å²) in [5.74, 6) is -0.110. The van der Waals surface area contributed by atoms with E-state index in [1.165, 1.54) is 23.5 Å². The van der Waals surface area contributed by atoms with Crippen molar-refractivity contribution in [2.24, 2.45) is 10.2 Å². The Morgan fingerprint density at radius 2 is 1.24 bits per heavy atom. The van der Waals surface area contributed by atoms with Crippen molar-refractivity contribution in [1.82, 2.24) is 0 Å². The van der Waals surface area contributed by atoms with E-state index in [0.29, 0.717) is 22.4 Å². The first kappa shape index (κ1) is 26.3. The second kappa shape index (κ2) is 10.9. The predicted octanol–water partition coefficient (Wildman–Crippen LogP) is 10.2. The number of rotatable bonds is 5. The van der Waals surface area contributed by atoms with Gasteiger partial charge >= 0.3 is 6.18 Å². The van der Waals surface area contributed by atoms with Crippen LogP contribution < -0.4 is 0 Å². The summed E-state index contributed by atoms with van der Waals surface area (Å²) in [5, 5.41) is 13.0. The summed E-state index contributed by atoms with van der Waals surface area (Å²) in [4.78, 5) is 14.6. The van der Waals surface area contributed by atoms with E-state index in [1.54, 1.807) is 0 Å². The van der Waals surface area contributed by atoms with Crippen LogP contribution in [0.3, 0.4) is 0 Å². The lowest BCUT2D eigenvalue weighted by Gasteiger charge is -2.18. The highest BCUT2D eigenvalue weighted by Crippen LogP contribution is 2.40. The molecule has 0 aliphatic heterocycles. The predicted molar refractivity (Wildman–Crippen MR) is 159 cm³/mol. The largest absolute Gasteiger partial charge is 0.416 e. The van der Waals surface area contributed by atoms with Crippen LogP contribution in [0.2, 0.25) is 0 Å². The topological polar surface area (TPSA) is 41.8 Å². The Morgan fingerprint density at radius 3 is 1.83 bits per heavy atom. The number of nitrogens with zero attached hydrogens (tertiary/aromatic N) is 2. The number of allylic oxidation sites excluding steroid dienone is 5. The van der Waals surface area contributed by atoms with Gasteiger partial charge in [0.15, 0.2) is 5.78 Å². The molecule has 6 rings (SSSR count). The number of ketones is 1. The van der Waals surface area contributed by atoms with Gasteiger partial charge in [-0.3, -0.25) is 4.79 Å². The maximum atomic E-state index is 13.8. The van der Waals surface area contributed by atoms with Crippen molar-refractivity contribution in [1.29, 1.82) is 0 Å². The van der Waals surface area contributed by atoms with E-state index in [1.807, 2.05) is 102 Å². The molecule has 4 aromatic carbocycles. The first-order valence-electron chi connectivity index (χ1n) is 12.8. The number of halogens is 3. The third kappa shape index (κ3) is 5.44. The average molecular weight is 563 g/mol. The van der Waals surface area contributed by atoms with Crippen LogP contribution in [0.15, 0.2) is 143 Å². The van der Waals surface area contributed by atoms with Crippen LogP contribution in [-0.4, -0.2) is 5.78 Å². The van der Waals surface area contributed by atoms with Crippen molar-refractivity contribution in [2.45, 2.75) is 6.18 Å². The highest BCUT2D eigenvalue weighted by Gasteiger charge is 2.30. The summed E-state index contributed by atoms with van der Waals surface area (Å²) in [6.45, 7) is 0. The Balaban J connectivity index is 1.58. The summed E-state index contributed by atoms with van der Waals surface area (Å²) in [6, 6.07) is 31.3. The first-order chi connectivity index (χ1) is 19.9. The molecular formula is C34H21F3N2OS. The number of hydrogen-bond donors (Lipinski definition) is 0. The number of thiophene rings is 1. The minimum absolute atomic E-state index is 0.110. The van der Waals surface area contributed by atoms with E-state index >= 15 is 0 Å². The Bertz CT molecular complexity index is 1800. The third-order valence-electron chi connectivity index (χ3n) is 6.72. The zero-order valence-corrected chi connectivity index (χ0v) is 22.3. The van der Waals surface area contributed by atoms with Crippen molar-refractivity contribution in [3.8, 4) is 0 Å². The lowest BCUT2D eigenvalue weighted by atomic mass is 9.85. The SMILES string of the molecule is O=C1C(c2ccccc2)=CC(=C(N=Nc2ccc(C(F)(F)F)cc2)c2scc3ccccc23)C=C1c1ccccc1. The Morgan fingerprint density at radius 1 is 0.683 bits per heavy atom. The maximum Gasteiger partial charge on any atom is 0.416 e. The Hall–Kier alpha value is -4.88. The van der Waals surface area contributed by atoms with E-state index in [9.17, 15) is 18.0 Å². The molecule has 0 saturated heterocycles. The van der Waals surface area contributed by atoms with Crippen LogP contribution in [-0.2, 0) is 11.0 Å². The van der Waals surface area contributed by atoms with E-state index in [-0.39, 0.29) is 11.5 Å². The fourth-order valence-corrected chi connectivity index (χ4v) is 5.70. The molecule has 0 saturated carbocycles. The van der Waals surface area contributed by atoms with Gasteiger partial charge in [0, 0.05) is 22.1 Å². The maximum absolute atomic E-state index is 13.8. The van der Waals surface area contributed by atoms with Crippen LogP contribution in [0.1, 0.15) is 21.6 Å². The van der Waals surface area contributed by atoms with Gasteiger partial charge in [-0.25, -0.2) is 0 Å². The summed E-state index contributed by atoms with van der Waals surface area (Å²) < 4.78 is 39.3. The number of Topliss-reactive ketones (excluding diaryl/α,β-unsaturated/α-hetero) is 1. The van der Waals surface area contributed by atoms with Crippen LogP contribution in [0.5, 0.6) is 0 Å². The molecule has 0 unspecified atom stereocenters. The highest BCUT2D eigenvalue weighted by molar-refractivity contribution is 7.12. The minimum atomic E-state index is -4.44. The number of carbonyl (C=O) groups is 1. The third-order valence-corrected chi connectivity index (χ3v) is 7.74. The fraction of sp³-hybridized carbons (Fsp3) is 0.0294. The number of hydrogen-bond acceptors (Lipinski definition) is 4. The zero-order chi connectivity index (χ0) is 28.4. The van der Waals surface area contributed by atoms with Gasteiger partial charge in [-0.15, -0.1) is 16.5 Å². The van der Waals surface area contributed by atoms with E-state index in [4.69, 9.17) is 0 Å². The van der Waals surface area contributed by atoms with Gasteiger partial charge in [0.25, 0.3) is 0 Å². The fourth-order valence-electron chi connectivity index (χ4n) is 4.66. The molecule has 1 aromatic heterocycles. The molecule has 1 heterocycles. The van der Waals surface area contributed by atoms with Gasteiger partial charge in [0.05, 0.1) is 16.1 Å². The van der Waals surface area contributed by atoms with Gasteiger partial charge in [-0.05, 0) is 58.3 Å². The summed E-state index contributed by atoms with van der Waals surface area (Å²) >= 11 is 1.50. The average Bonchev–Trinajstić information content (AvgIpc) is 3.42. The molecule has 5 aromatic rings. The van der Waals surface area contributed by atoms with Crippen LogP contribution in [0, 0.1) is 0 Å². The van der Waals surface area contributed by atoms with Crippen LogP contribution >= 0.6 is 11.3 Å². The van der Waals surface area contributed by atoms with Gasteiger partial charge in [-0.2, -0.15) is 18.3 Å². The smallest absolute Gasteiger partial charge is 0.289 e. The Labute approximate surface area is 238 Å². The molecule has 7 heteroatoms. The van der Waals surface area contributed by atoms with Gasteiger partial charge in [0.2, 0.25) is 0 Å². The molecule has 3 nitrogen and oxygen atoms in total. The van der Waals surface area contributed by atoms with Gasteiger partial charge < -0.3 is 0 Å². The number of fused-ring (bicyclic) bond motifs is 1. The molecular weight excluding hydrogens is 541 g/mol. The van der Waals surface area contributed by atoms with Crippen molar-refractivity contribution in [2.75, 3.05) is 0 Å². The second-order valence-corrected chi connectivity index (χ2v) is 10.3. The minimum Gasteiger partial charge on any atom is -0.289 e. The molecule has 0 spiro atoms. The van der Waals surface area contributed by atoms with Gasteiger partial charge in [-0.1, -0.05) is 84.9 Å². The van der Waals surface area contributed by atoms with Crippen LogP contribution in [0.25, 0.3) is 27.6 Å². The number of azo groups is 1. The molecule has 1 aliphatic rings. The van der Waals surface area contributed by atoms with Crippen molar-refractivity contribution in [3.63, 3.8) is 0 Å². The summed E-state index contributed by atoms with van der Waals surface area (Å²) in [7, 11) is 0. The highest BCUT2D eigenvalue weighted by atomic mass is 32.1. The molecule has 0 radical (unpaired) electrons. The number of alkyl halides is 3. The first-order valence-corrected chi connectivity index (χ1v) is 13.7. The molecule has 0 fully saturated rings. The van der Waals surface area contributed by atoms with E-state index < -0.39 is 11.7 Å². The molecule has 41 heavy (non-hydrogen) atoms. The molecule has 200 valence electrons. The lowest BCUT2D eigenvalue weighted by molar-refractivity contribution is -0.137. The van der Waals surface area contributed by atoms with E-state index in [2.05, 4.69) is 10.2 Å². The van der Waals surface area contributed by atoms with Crippen molar-refractivity contribution < 1.29 is 18.0 Å². The normalized spacial score (nSPS) is 13.9. The monoisotopic (exact) mass is 562 g/mol.